The lowest BCUT2D eigenvalue weighted by molar-refractivity contribution is 0.0690. The van der Waals surface area contributed by atoms with E-state index in [2.05, 4.69) is 17.2 Å². The maximum atomic E-state index is 10.9. The average Bonchev–Trinajstić information content (AvgIpc) is 2.55. The first kappa shape index (κ1) is 12.9. The van der Waals surface area contributed by atoms with Gasteiger partial charge in [0.05, 0.1) is 0 Å². The summed E-state index contributed by atoms with van der Waals surface area (Å²) in [5.41, 5.74) is 0.962. The number of nitrogens with zero attached hydrogens (tertiary/aromatic N) is 1. The molecule has 4 nitrogen and oxygen atoms in total. The zero-order valence-corrected chi connectivity index (χ0v) is 10.7. The molecular weight excluding hydrogens is 228 g/mol. The lowest BCUT2D eigenvalue weighted by atomic mass is 10.0. The van der Waals surface area contributed by atoms with Crippen molar-refractivity contribution in [1.82, 2.24) is 4.98 Å². The van der Waals surface area contributed by atoms with Gasteiger partial charge in [0.15, 0.2) is 0 Å². The summed E-state index contributed by atoms with van der Waals surface area (Å²) in [7, 11) is 0. The van der Waals surface area contributed by atoms with Crippen molar-refractivity contribution in [1.29, 1.82) is 0 Å². The zero-order chi connectivity index (χ0) is 13.0. The number of pyridine rings is 1. The lowest BCUT2D eigenvalue weighted by Gasteiger charge is -2.17. The smallest absolute Gasteiger partial charge is 0.354 e. The van der Waals surface area contributed by atoms with E-state index < -0.39 is 5.97 Å². The Balaban J connectivity index is 2.00. The zero-order valence-electron chi connectivity index (χ0n) is 10.7. The van der Waals surface area contributed by atoms with Gasteiger partial charge in [0.1, 0.15) is 5.69 Å². The number of carbonyl (C=O) groups is 1. The van der Waals surface area contributed by atoms with Gasteiger partial charge in [-0.2, -0.15) is 0 Å². The Morgan fingerprint density at radius 2 is 2.22 bits per heavy atom. The summed E-state index contributed by atoms with van der Waals surface area (Å²) in [5, 5.41) is 12.3. The van der Waals surface area contributed by atoms with Crippen molar-refractivity contribution in [2.24, 2.45) is 5.92 Å². The van der Waals surface area contributed by atoms with Gasteiger partial charge in [-0.3, -0.25) is 0 Å². The van der Waals surface area contributed by atoms with Crippen molar-refractivity contribution in [3.63, 3.8) is 0 Å². The molecule has 98 valence electrons. The summed E-state index contributed by atoms with van der Waals surface area (Å²) in [5.74, 6) is -0.169. The third kappa shape index (κ3) is 3.45. The van der Waals surface area contributed by atoms with Crippen molar-refractivity contribution in [3.8, 4) is 0 Å². The van der Waals surface area contributed by atoms with Crippen LogP contribution in [0.4, 0.5) is 5.69 Å². The highest BCUT2D eigenvalue weighted by atomic mass is 16.4. The van der Waals surface area contributed by atoms with Crippen LogP contribution in [0.3, 0.4) is 0 Å². The average molecular weight is 248 g/mol. The van der Waals surface area contributed by atoms with Gasteiger partial charge < -0.3 is 10.4 Å². The molecule has 0 aromatic carbocycles. The lowest BCUT2D eigenvalue weighted by Crippen LogP contribution is -2.18. The second kappa shape index (κ2) is 5.85. The van der Waals surface area contributed by atoms with Crippen LogP contribution >= 0.6 is 0 Å². The molecule has 4 heteroatoms. The van der Waals surface area contributed by atoms with Crippen LogP contribution in [-0.2, 0) is 0 Å². The molecule has 18 heavy (non-hydrogen) atoms. The predicted octanol–water partition coefficient (Wildman–Crippen LogP) is 3.16. The molecule has 2 N–H and O–H groups in total. The Bertz CT molecular complexity index is 420. The highest BCUT2D eigenvalue weighted by Crippen LogP contribution is 2.25. The SMILES string of the molecule is CC1CCCC(Nc2ccnc(C(=O)O)c2)CC1. The monoisotopic (exact) mass is 248 g/mol. The maximum absolute atomic E-state index is 10.9. The number of carboxylic acids is 1. The molecule has 1 aliphatic carbocycles. The highest BCUT2D eigenvalue weighted by Gasteiger charge is 2.16. The molecule has 2 rings (SSSR count). The first-order valence-corrected chi connectivity index (χ1v) is 6.61. The fraction of sp³-hybridized carbons (Fsp3) is 0.571. The number of anilines is 1. The molecule has 1 aliphatic rings. The van der Waals surface area contributed by atoms with E-state index in [4.69, 9.17) is 5.11 Å². The van der Waals surface area contributed by atoms with Crippen LogP contribution in [0.5, 0.6) is 0 Å². The number of aromatic nitrogens is 1. The Morgan fingerprint density at radius 3 is 3.00 bits per heavy atom. The summed E-state index contributed by atoms with van der Waals surface area (Å²) < 4.78 is 0. The molecule has 0 radical (unpaired) electrons. The van der Waals surface area contributed by atoms with Gasteiger partial charge in [0.25, 0.3) is 0 Å². The van der Waals surface area contributed by atoms with Gasteiger partial charge >= 0.3 is 5.97 Å². The molecular formula is C14H20N2O2. The minimum Gasteiger partial charge on any atom is -0.477 e. The molecule has 1 aromatic heterocycles. The van der Waals surface area contributed by atoms with Crippen LogP contribution < -0.4 is 5.32 Å². The van der Waals surface area contributed by atoms with Gasteiger partial charge in [-0.1, -0.05) is 19.8 Å². The van der Waals surface area contributed by atoms with Gasteiger partial charge in [-0.15, -0.1) is 0 Å². The number of nitrogens with one attached hydrogen (secondary N) is 1. The van der Waals surface area contributed by atoms with Crippen molar-refractivity contribution < 1.29 is 9.90 Å². The fourth-order valence-electron chi connectivity index (χ4n) is 2.50. The van der Waals surface area contributed by atoms with E-state index in [1.807, 2.05) is 6.07 Å². The molecule has 2 atom stereocenters. The minimum atomic E-state index is -0.979. The highest BCUT2D eigenvalue weighted by molar-refractivity contribution is 5.86. The van der Waals surface area contributed by atoms with Crippen LogP contribution in [0, 0.1) is 5.92 Å². The van der Waals surface area contributed by atoms with Crippen molar-refractivity contribution in [2.75, 3.05) is 5.32 Å². The normalized spacial score (nSPS) is 24.3. The van der Waals surface area contributed by atoms with Crippen molar-refractivity contribution in [3.05, 3.63) is 24.0 Å². The van der Waals surface area contributed by atoms with Crippen LogP contribution in [0.15, 0.2) is 18.3 Å². The number of hydrogen-bond acceptors (Lipinski definition) is 3. The van der Waals surface area contributed by atoms with Gasteiger partial charge in [-0.05, 0) is 37.3 Å². The van der Waals surface area contributed by atoms with Crippen LogP contribution in [-0.4, -0.2) is 22.1 Å². The van der Waals surface area contributed by atoms with E-state index in [0.29, 0.717) is 6.04 Å². The minimum absolute atomic E-state index is 0.0991. The molecule has 0 saturated heterocycles. The summed E-state index contributed by atoms with van der Waals surface area (Å²) in [6, 6.07) is 3.90. The molecule has 0 amide bonds. The van der Waals surface area contributed by atoms with Crippen molar-refractivity contribution in [2.45, 2.75) is 45.1 Å². The van der Waals surface area contributed by atoms with Gasteiger partial charge in [0, 0.05) is 17.9 Å². The third-order valence-electron chi connectivity index (χ3n) is 3.61. The van der Waals surface area contributed by atoms with E-state index in [-0.39, 0.29) is 5.69 Å². The van der Waals surface area contributed by atoms with Crippen LogP contribution in [0.2, 0.25) is 0 Å². The number of hydrogen-bond donors (Lipinski definition) is 2. The number of aromatic carboxylic acids is 1. The molecule has 0 aliphatic heterocycles. The van der Waals surface area contributed by atoms with Crippen LogP contribution in [0.25, 0.3) is 0 Å². The largest absolute Gasteiger partial charge is 0.477 e. The predicted molar refractivity (Wildman–Crippen MR) is 70.9 cm³/mol. The third-order valence-corrected chi connectivity index (χ3v) is 3.61. The molecule has 2 unspecified atom stereocenters. The van der Waals surface area contributed by atoms with Gasteiger partial charge in [-0.25, -0.2) is 9.78 Å². The molecule has 0 spiro atoms. The molecule has 1 saturated carbocycles. The Kier molecular flexibility index (Phi) is 4.18. The Morgan fingerprint density at radius 1 is 1.39 bits per heavy atom. The van der Waals surface area contributed by atoms with Crippen LogP contribution in [0.1, 0.15) is 49.5 Å². The second-order valence-electron chi connectivity index (χ2n) is 5.19. The standard InChI is InChI=1S/C14H20N2O2/c1-10-3-2-4-11(6-5-10)16-12-7-8-15-13(9-12)14(17)18/h7-11H,2-6H2,1H3,(H,15,16)(H,17,18). The van der Waals surface area contributed by atoms with Gasteiger partial charge in [0.2, 0.25) is 0 Å². The van der Waals surface area contributed by atoms with E-state index >= 15 is 0 Å². The maximum Gasteiger partial charge on any atom is 0.354 e. The topological polar surface area (TPSA) is 62.2 Å². The summed E-state index contributed by atoms with van der Waals surface area (Å²) >= 11 is 0. The fourth-order valence-corrected chi connectivity index (χ4v) is 2.50. The molecule has 1 heterocycles. The Hall–Kier alpha value is -1.58. The van der Waals surface area contributed by atoms with E-state index in [1.54, 1.807) is 12.3 Å². The summed E-state index contributed by atoms with van der Waals surface area (Å²) in [4.78, 5) is 14.7. The number of carboxylic acid groups (broad SMARTS) is 1. The van der Waals surface area contributed by atoms with E-state index in [0.717, 1.165) is 24.4 Å². The van der Waals surface area contributed by atoms with Crippen molar-refractivity contribution >= 4 is 11.7 Å². The van der Waals surface area contributed by atoms with E-state index in [1.165, 1.54) is 19.3 Å². The summed E-state index contributed by atoms with van der Waals surface area (Å²) in [6.45, 7) is 2.30. The Labute approximate surface area is 107 Å². The summed E-state index contributed by atoms with van der Waals surface area (Å²) in [6.07, 6.45) is 7.66. The molecule has 0 bridgehead atoms. The quantitative estimate of drug-likeness (QED) is 0.806. The number of rotatable bonds is 3. The molecule has 1 fully saturated rings. The first-order chi connectivity index (χ1) is 8.65. The first-order valence-electron chi connectivity index (χ1n) is 6.61. The van der Waals surface area contributed by atoms with E-state index in [9.17, 15) is 4.79 Å². The molecule has 1 aromatic rings. The second-order valence-corrected chi connectivity index (χ2v) is 5.19.